The van der Waals surface area contributed by atoms with Gasteiger partial charge in [-0.15, -0.1) is 36.2 Å². The summed E-state index contributed by atoms with van der Waals surface area (Å²) in [7, 11) is 0. The molecule has 1 amide bonds. The number of thiazole rings is 1. The first-order valence-corrected chi connectivity index (χ1v) is 6.19. The van der Waals surface area contributed by atoms with E-state index >= 15 is 0 Å². The van der Waals surface area contributed by atoms with Crippen molar-refractivity contribution in [1.29, 1.82) is 0 Å². The zero-order valence-electron chi connectivity index (χ0n) is 9.76. The molecule has 18 heavy (non-hydrogen) atoms. The van der Waals surface area contributed by atoms with Crippen LogP contribution in [0.4, 0.5) is 0 Å². The lowest BCUT2D eigenvalue weighted by Crippen LogP contribution is -2.44. The smallest absolute Gasteiger partial charge is 0.222 e. The number of hydrogen-bond acceptors (Lipinski definition) is 5. The average Bonchev–Trinajstić information content (AvgIpc) is 2.81. The first-order chi connectivity index (χ1) is 7.84. The van der Waals surface area contributed by atoms with Gasteiger partial charge in [0.2, 0.25) is 5.91 Å². The van der Waals surface area contributed by atoms with Crippen LogP contribution in [0.5, 0.6) is 0 Å². The highest BCUT2D eigenvalue weighted by atomic mass is 35.5. The average molecular weight is 314 g/mol. The van der Waals surface area contributed by atoms with Crippen molar-refractivity contribution in [1.82, 2.24) is 15.6 Å². The molecule has 0 aliphatic carbocycles. The SMILES string of the molecule is Cl.Cl.O=C(CC1COCCN1)NCc1nccs1. The van der Waals surface area contributed by atoms with Crippen molar-refractivity contribution in [2.45, 2.75) is 19.0 Å². The monoisotopic (exact) mass is 313 g/mol. The molecule has 1 aromatic rings. The number of morpholine rings is 1. The van der Waals surface area contributed by atoms with Crippen LogP contribution in [-0.2, 0) is 16.1 Å². The summed E-state index contributed by atoms with van der Waals surface area (Å²) < 4.78 is 5.28. The Morgan fingerprint density at radius 3 is 3.06 bits per heavy atom. The summed E-state index contributed by atoms with van der Waals surface area (Å²) in [6, 6.07) is 0.144. The predicted octanol–water partition coefficient (Wildman–Crippen LogP) is 0.981. The molecule has 5 nitrogen and oxygen atoms in total. The van der Waals surface area contributed by atoms with Crippen molar-refractivity contribution in [3.63, 3.8) is 0 Å². The van der Waals surface area contributed by atoms with Gasteiger partial charge >= 0.3 is 0 Å². The molecule has 1 aliphatic heterocycles. The topological polar surface area (TPSA) is 63.2 Å². The fourth-order valence-corrected chi connectivity index (χ4v) is 2.12. The van der Waals surface area contributed by atoms with Gasteiger partial charge in [0, 0.05) is 30.6 Å². The van der Waals surface area contributed by atoms with E-state index in [0.717, 1.165) is 18.2 Å². The minimum absolute atomic E-state index is 0. The number of carbonyl (C=O) groups excluding carboxylic acids is 1. The highest BCUT2D eigenvalue weighted by Crippen LogP contribution is 2.03. The summed E-state index contributed by atoms with van der Waals surface area (Å²) in [5, 5.41) is 8.92. The van der Waals surface area contributed by atoms with E-state index in [1.54, 1.807) is 17.5 Å². The van der Waals surface area contributed by atoms with Crippen LogP contribution in [0.25, 0.3) is 0 Å². The minimum atomic E-state index is 0. The predicted molar refractivity (Wildman–Crippen MR) is 75.7 cm³/mol. The minimum Gasteiger partial charge on any atom is -0.378 e. The van der Waals surface area contributed by atoms with Crippen molar-refractivity contribution >= 4 is 42.1 Å². The summed E-state index contributed by atoms with van der Waals surface area (Å²) in [6.45, 7) is 2.69. The fraction of sp³-hybridized carbons (Fsp3) is 0.600. The molecule has 8 heteroatoms. The molecule has 0 radical (unpaired) electrons. The number of halogens is 2. The number of hydrogen-bond donors (Lipinski definition) is 2. The lowest BCUT2D eigenvalue weighted by molar-refractivity contribution is -0.122. The van der Waals surface area contributed by atoms with Gasteiger partial charge in [-0.2, -0.15) is 0 Å². The fourth-order valence-electron chi connectivity index (χ4n) is 1.56. The Morgan fingerprint density at radius 1 is 1.61 bits per heavy atom. The second-order valence-electron chi connectivity index (χ2n) is 3.63. The van der Waals surface area contributed by atoms with Crippen molar-refractivity contribution < 1.29 is 9.53 Å². The number of carbonyl (C=O) groups is 1. The maximum atomic E-state index is 11.6. The molecule has 0 aromatic carbocycles. The number of ether oxygens (including phenoxy) is 1. The Balaban J connectivity index is 0.00000144. The Labute approximate surface area is 123 Å². The second-order valence-corrected chi connectivity index (χ2v) is 4.61. The van der Waals surface area contributed by atoms with Gasteiger partial charge < -0.3 is 15.4 Å². The third-order valence-corrected chi connectivity index (χ3v) is 3.13. The second kappa shape index (κ2) is 9.52. The van der Waals surface area contributed by atoms with Gasteiger partial charge in [0.1, 0.15) is 5.01 Å². The zero-order valence-corrected chi connectivity index (χ0v) is 12.2. The molecule has 1 unspecified atom stereocenters. The maximum Gasteiger partial charge on any atom is 0.222 e. The molecule has 2 heterocycles. The van der Waals surface area contributed by atoms with Gasteiger partial charge in [0.25, 0.3) is 0 Å². The van der Waals surface area contributed by atoms with E-state index in [-0.39, 0.29) is 36.8 Å². The number of nitrogens with zero attached hydrogens (tertiary/aromatic N) is 1. The van der Waals surface area contributed by atoms with E-state index in [1.165, 1.54) is 0 Å². The van der Waals surface area contributed by atoms with Gasteiger partial charge in [0.05, 0.1) is 19.8 Å². The Hall–Kier alpha value is -0.400. The van der Waals surface area contributed by atoms with Crippen LogP contribution in [0, 0.1) is 0 Å². The van der Waals surface area contributed by atoms with Crippen LogP contribution >= 0.6 is 36.2 Å². The molecular weight excluding hydrogens is 297 g/mol. The van der Waals surface area contributed by atoms with E-state index in [0.29, 0.717) is 19.6 Å². The van der Waals surface area contributed by atoms with E-state index < -0.39 is 0 Å². The van der Waals surface area contributed by atoms with Crippen molar-refractivity contribution in [3.8, 4) is 0 Å². The molecule has 1 saturated heterocycles. The lowest BCUT2D eigenvalue weighted by atomic mass is 10.2. The first-order valence-electron chi connectivity index (χ1n) is 5.31. The molecule has 0 bridgehead atoms. The highest BCUT2D eigenvalue weighted by molar-refractivity contribution is 7.09. The number of nitrogens with one attached hydrogen (secondary N) is 2. The van der Waals surface area contributed by atoms with Crippen LogP contribution < -0.4 is 10.6 Å². The summed E-state index contributed by atoms with van der Waals surface area (Å²) in [6.07, 6.45) is 2.20. The van der Waals surface area contributed by atoms with Gasteiger partial charge in [-0.25, -0.2) is 4.98 Å². The van der Waals surface area contributed by atoms with E-state index in [2.05, 4.69) is 15.6 Å². The van der Waals surface area contributed by atoms with Gasteiger partial charge in [0.15, 0.2) is 0 Å². The third-order valence-electron chi connectivity index (χ3n) is 2.35. The summed E-state index contributed by atoms with van der Waals surface area (Å²) in [4.78, 5) is 15.7. The molecular formula is C10H17Cl2N3O2S. The Kier molecular flexibility index (Phi) is 9.31. The molecule has 1 aliphatic rings. The first kappa shape index (κ1) is 17.6. The molecule has 1 aromatic heterocycles. The number of aromatic nitrogens is 1. The molecule has 2 rings (SSSR count). The van der Waals surface area contributed by atoms with Gasteiger partial charge in [-0.3, -0.25) is 4.79 Å². The van der Waals surface area contributed by atoms with Crippen LogP contribution in [0.1, 0.15) is 11.4 Å². The molecule has 0 saturated carbocycles. The van der Waals surface area contributed by atoms with Gasteiger partial charge in [-0.05, 0) is 0 Å². The molecule has 2 N–H and O–H groups in total. The van der Waals surface area contributed by atoms with E-state index in [1.807, 2.05) is 5.38 Å². The molecule has 1 fully saturated rings. The Bertz CT molecular complexity index is 332. The summed E-state index contributed by atoms with van der Waals surface area (Å²) >= 11 is 1.54. The van der Waals surface area contributed by atoms with Crippen LogP contribution in [-0.4, -0.2) is 36.7 Å². The van der Waals surface area contributed by atoms with Gasteiger partial charge in [-0.1, -0.05) is 0 Å². The zero-order chi connectivity index (χ0) is 11.2. The van der Waals surface area contributed by atoms with Crippen molar-refractivity contribution in [3.05, 3.63) is 16.6 Å². The van der Waals surface area contributed by atoms with Crippen LogP contribution in [0.3, 0.4) is 0 Å². The lowest BCUT2D eigenvalue weighted by Gasteiger charge is -2.23. The molecule has 0 spiro atoms. The number of rotatable bonds is 4. The van der Waals surface area contributed by atoms with Crippen LogP contribution in [0.15, 0.2) is 11.6 Å². The molecule has 104 valence electrons. The highest BCUT2D eigenvalue weighted by Gasteiger charge is 2.16. The number of amides is 1. The van der Waals surface area contributed by atoms with Crippen molar-refractivity contribution in [2.24, 2.45) is 0 Å². The standard InChI is InChI=1S/C10H15N3O2S.2ClH/c14-9(5-8-7-15-3-1-11-8)13-6-10-12-2-4-16-10;;/h2,4,8,11H,1,3,5-7H2,(H,13,14);2*1H. The van der Waals surface area contributed by atoms with Crippen molar-refractivity contribution in [2.75, 3.05) is 19.8 Å². The normalized spacial score (nSPS) is 18.3. The molecule has 1 atom stereocenters. The largest absolute Gasteiger partial charge is 0.378 e. The quantitative estimate of drug-likeness (QED) is 0.870. The summed E-state index contributed by atoms with van der Waals surface area (Å²) in [5.74, 6) is 0.0400. The maximum absolute atomic E-state index is 11.6. The summed E-state index contributed by atoms with van der Waals surface area (Å²) in [5.41, 5.74) is 0. The third kappa shape index (κ3) is 5.97. The Morgan fingerprint density at radius 2 is 2.44 bits per heavy atom. The van der Waals surface area contributed by atoms with E-state index in [4.69, 9.17) is 4.74 Å². The van der Waals surface area contributed by atoms with E-state index in [9.17, 15) is 4.79 Å². The van der Waals surface area contributed by atoms with Crippen LogP contribution in [0.2, 0.25) is 0 Å².